The first kappa shape index (κ1) is 17.2. The summed E-state index contributed by atoms with van der Waals surface area (Å²) in [7, 11) is 0. The molecule has 0 saturated carbocycles. The van der Waals surface area contributed by atoms with Crippen LogP contribution in [0, 0.1) is 12.3 Å². The molecule has 2 heterocycles. The summed E-state index contributed by atoms with van der Waals surface area (Å²) in [6, 6.07) is 9.05. The van der Waals surface area contributed by atoms with Crippen molar-refractivity contribution in [3.63, 3.8) is 0 Å². The Morgan fingerprint density at radius 2 is 1.92 bits per heavy atom. The number of aliphatic imine (C=N–C) groups is 1. The third kappa shape index (κ3) is 4.94. The lowest BCUT2D eigenvalue weighted by Gasteiger charge is -2.39. The minimum absolute atomic E-state index is 0.439. The lowest BCUT2D eigenvalue weighted by molar-refractivity contribution is 0.0889. The highest BCUT2D eigenvalue weighted by Gasteiger charge is 2.30. The molecular formula is C21H30N2O. The van der Waals surface area contributed by atoms with Crippen LogP contribution in [0.3, 0.4) is 0 Å². The second-order valence-electron chi connectivity index (χ2n) is 7.60. The minimum atomic E-state index is 0.439. The monoisotopic (exact) mass is 326 g/mol. The van der Waals surface area contributed by atoms with E-state index in [4.69, 9.17) is 4.74 Å². The second-order valence-corrected chi connectivity index (χ2v) is 7.60. The van der Waals surface area contributed by atoms with E-state index in [0.717, 1.165) is 31.9 Å². The number of hydrogen-bond donors (Lipinski definition) is 0. The summed E-state index contributed by atoms with van der Waals surface area (Å²) in [5.41, 5.74) is 3.26. The average Bonchev–Trinajstić information content (AvgIpc) is 2.60. The standard InChI is InChI=1S/C21H30N2O/c1-18-3-5-19(6-4-18)17-21(2)9-13-23(14-10-21)15-16-24-20-7-11-22-12-8-20/h3-7,11H,8-10,12-17H2,1-2H3. The Morgan fingerprint density at radius 3 is 2.58 bits per heavy atom. The van der Waals surface area contributed by atoms with Crippen LogP contribution in [0.4, 0.5) is 0 Å². The van der Waals surface area contributed by atoms with Gasteiger partial charge in [0.25, 0.3) is 0 Å². The van der Waals surface area contributed by atoms with Crippen molar-refractivity contribution in [3.05, 3.63) is 47.2 Å². The number of rotatable bonds is 6. The van der Waals surface area contributed by atoms with E-state index >= 15 is 0 Å². The molecule has 0 aliphatic carbocycles. The third-order valence-electron chi connectivity index (χ3n) is 5.36. The maximum atomic E-state index is 5.87. The molecule has 0 atom stereocenters. The fraction of sp³-hybridized carbons (Fsp3) is 0.571. The molecule has 1 saturated heterocycles. The molecule has 0 radical (unpaired) electrons. The van der Waals surface area contributed by atoms with Gasteiger partial charge in [-0.05, 0) is 56.3 Å². The first-order chi connectivity index (χ1) is 11.6. The Balaban J connectivity index is 1.40. The van der Waals surface area contributed by atoms with E-state index in [1.54, 1.807) is 0 Å². The zero-order valence-electron chi connectivity index (χ0n) is 15.1. The molecule has 2 aliphatic rings. The Kier molecular flexibility index (Phi) is 5.72. The van der Waals surface area contributed by atoms with Crippen LogP contribution in [-0.2, 0) is 11.2 Å². The van der Waals surface area contributed by atoms with Crippen molar-refractivity contribution in [3.8, 4) is 0 Å². The summed E-state index contributed by atoms with van der Waals surface area (Å²) in [4.78, 5) is 6.74. The van der Waals surface area contributed by atoms with Crippen LogP contribution in [0.5, 0.6) is 0 Å². The Labute approximate surface area is 146 Å². The highest BCUT2D eigenvalue weighted by Crippen LogP contribution is 2.34. The van der Waals surface area contributed by atoms with Crippen molar-refractivity contribution in [2.45, 2.75) is 39.5 Å². The molecule has 1 aromatic rings. The van der Waals surface area contributed by atoms with E-state index in [9.17, 15) is 0 Å². The molecular weight excluding hydrogens is 296 g/mol. The molecule has 0 N–H and O–H groups in total. The molecule has 24 heavy (non-hydrogen) atoms. The third-order valence-corrected chi connectivity index (χ3v) is 5.36. The lowest BCUT2D eigenvalue weighted by Crippen LogP contribution is -2.41. The van der Waals surface area contributed by atoms with Gasteiger partial charge in [0.2, 0.25) is 0 Å². The van der Waals surface area contributed by atoms with Crippen molar-refractivity contribution < 1.29 is 4.74 Å². The summed E-state index contributed by atoms with van der Waals surface area (Å²) in [5, 5.41) is 0. The van der Waals surface area contributed by atoms with E-state index in [1.165, 1.54) is 43.5 Å². The van der Waals surface area contributed by atoms with Crippen LogP contribution < -0.4 is 0 Å². The summed E-state index contributed by atoms with van der Waals surface area (Å²) < 4.78 is 5.87. The number of nitrogens with zero attached hydrogens (tertiary/aromatic N) is 2. The van der Waals surface area contributed by atoms with Crippen molar-refractivity contribution >= 4 is 6.21 Å². The van der Waals surface area contributed by atoms with E-state index in [1.807, 2.05) is 12.3 Å². The van der Waals surface area contributed by atoms with Gasteiger partial charge in [0.15, 0.2) is 0 Å². The van der Waals surface area contributed by atoms with Crippen LogP contribution >= 0.6 is 0 Å². The molecule has 1 aromatic carbocycles. The number of benzene rings is 1. The molecule has 0 aromatic heterocycles. The zero-order valence-corrected chi connectivity index (χ0v) is 15.1. The van der Waals surface area contributed by atoms with Crippen LogP contribution in [0.2, 0.25) is 0 Å². The normalized spacial score (nSPS) is 20.7. The Bertz CT molecular complexity index is 580. The number of piperidine rings is 1. The van der Waals surface area contributed by atoms with Gasteiger partial charge >= 0.3 is 0 Å². The van der Waals surface area contributed by atoms with E-state index in [0.29, 0.717) is 5.41 Å². The van der Waals surface area contributed by atoms with E-state index in [-0.39, 0.29) is 0 Å². The van der Waals surface area contributed by atoms with Gasteiger partial charge in [0.05, 0.1) is 5.76 Å². The minimum Gasteiger partial charge on any atom is -0.496 e. The van der Waals surface area contributed by atoms with Crippen LogP contribution in [0.25, 0.3) is 0 Å². The molecule has 1 fully saturated rings. The van der Waals surface area contributed by atoms with Crippen molar-refractivity contribution in [1.82, 2.24) is 4.90 Å². The summed E-state index contributed by atoms with van der Waals surface area (Å²) >= 11 is 0. The fourth-order valence-corrected chi connectivity index (χ4v) is 3.59. The molecule has 0 bridgehead atoms. The largest absolute Gasteiger partial charge is 0.496 e. The lowest BCUT2D eigenvalue weighted by atomic mass is 9.75. The van der Waals surface area contributed by atoms with Gasteiger partial charge in [-0.3, -0.25) is 9.89 Å². The number of dihydropyridines is 1. The van der Waals surface area contributed by atoms with Crippen molar-refractivity contribution in [2.75, 3.05) is 32.8 Å². The van der Waals surface area contributed by atoms with Gasteiger partial charge < -0.3 is 4.74 Å². The maximum Gasteiger partial charge on any atom is 0.100 e. The topological polar surface area (TPSA) is 24.8 Å². The SMILES string of the molecule is Cc1ccc(CC2(C)CCN(CCOC3=CC=NCC3)CC2)cc1. The number of likely N-dealkylation sites (tertiary alicyclic amines) is 1. The molecule has 0 spiro atoms. The van der Waals surface area contributed by atoms with E-state index < -0.39 is 0 Å². The van der Waals surface area contributed by atoms with Gasteiger partial charge in [-0.1, -0.05) is 36.8 Å². The highest BCUT2D eigenvalue weighted by atomic mass is 16.5. The quantitative estimate of drug-likeness (QED) is 0.789. The van der Waals surface area contributed by atoms with Crippen LogP contribution in [0.15, 0.2) is 41.1 Å². The number of allylic oxidation sites excluding steroid dienone is 1. The van der Waals surface area contributed by atoms with Crippen molar-refractivity contribution in [1.29, 1.82) is 0 Å². The van der Waals surface area contributed by atoms with Gasteiger partial charge in [-0.15, -0.1) is 0 Å². The molecule has 0 unspecified atom stereocenters. The summed E-state index contributed by atoms with van der Waals surface area (Å²) in [6.07, 6.45) is 8.55. The predicted octanol–water partition coefficient (Wildman–Crippen LogP) is 4.01. The first-order valence-corrected chi connectivity index (χ1v) is 9.23. The second kappa shape index (κ2) is 7.98. The molecule has 3 rings (SSSR count). The smallest absolute Gasteiger partial charge is 0.100 e. The highest BCUT2D eigenvalue weighted by molar-refractivity contribution is 5.72. The molecule has 3 heteroatoms. The molecule has 0 amide bonds. The predicted molar refractivity (Wildman–Crippen MR) is 101 cm³/mol. The first-order valence-electron chi connectivity index (χ1n) is 9.23. The Morgan fingerprint density at radius 1 is 1.17 bits per heavy atom. The van der Waals surface area contributed by atoms with Gasteiger partial charge in [-0.25, -0.2) is 0 Å². The van der Waals surface area contributed by atoms with Gasteiger partial charge in [0, 0.05) is 25.7 Å². The van der Waals surface area contributed by atoms with E-state index in [2.05, 4.69) is 48.0 Å². The van der Waals surface area contributed by atoms with Gasteiger partial charge in [0.1, 0.15) is 6.61 Å². The zero-order chi connectivity index (χ0) is 16.8. The molecule has 130 valence electrons. The fourth-order valence-electron chi connectivity index (χ4n) is 3.59. The Hall–Kier alpha value is -1.61. The van der Waals surface area contributed by atoms with Gasteiger partial charge in [-0.2, -0.15) is 0 Å². The van der Waals surface area contributed by atoms with Crippen molar-refractivity contribution in [2.24, 2.45) is 10.4 Å². The molecule has 2 aliphatic heterocycles. The number of ether oxygens (including phenoxy) is 1. The maximum absolute atomic E-state index is 5.87. The average molecular weight is 326 g/mol. The van der Waals surface area contributed by atoms with Crippen LogP contribution in [0.1, 0.15) is 37.3 Å². The summed E-state index contributed by atoms with van der Waals surface area (Å²) in [6.45, 7) is 9.68. The van der Waals surface area contributed by atoms with Crippen LogP contribution in [-0.4, -0.2) is 43.9 Å². The molecule has 3 nitrogen and oxygen atoms in total. The number of aryl methyl sites for hydroxylation is 1. The summed E-state index contributed by atoms with van der Waals surface area (Å²) in [5.74, 6) is 1.09. The number of hydrogen-bond acceptors (Lipinski definition) is 3.